The third-order valence-corrected chi connectivity index (χ3v) is 3.62. The van der Waals surface area contributed by atoms with Crippen LogP contribution in [0.3, 0.4) is 0 Å². The van der Waals surface area contributed by atoms with Crippen molar-refractivity contribution >= 4 is 5.91 Å². The van der Waals surface area contributed by atoms with E-state index in [9.17, 15) is 4.79 Å². The Kier molecular flexibility index (Phi) is 5.16. The fourth-order valence-electron chi connectivity index (χ4n) is 2.46. The van der Waals surface area contributed by atoms with Crippen LogP contribution < -0.4 is 19.5 Å². The Labute approximate surface area is 135 Å². The van der Waals surface area contributed by atoms with E-state index in [4.69, 9.17) is 14.2 Å². The van der Waals surface area contributed by atoms with Crippen molar-refractivity contribution in [2.75, 3.05) is 21.3 Å². The monoisotopic (exact) mass is 318 g/mol. The summed E-state index contributed by atoms with van der Waals surface area (Å²) < 4.78 is 15.8. The van der Waals surface area contributed by atoms with Crippen LogP contribution in [0.15, 0.2) is 18.2 Å². The molecule has 124 valence electrons. The van der Waals surface area contributed by atoms with E-state index < -0.39 is 0 Å². The first-order chi connectivity index (χ1) is 11.0. The molecule has 0 atom stereocenters. The summed E-state index contributed by atoms with van der Waals surface area (Å²) in [6.07, 6.45) is 0. The number of hydrogen-bond acceptors (Lipinski definition) is 4. The molecule has 23 heavy (non-hydrogen) atoms. The molecule has 0 saturated carbocycles. The number of ether oxygens (including phenoxy) is 3. The number of aryl methyl sites for hydroxylation is 2. The van der Waals surface area contributed by atoms with Gasteiger partial charge in [0.1, 0.15) is 0 Å². The molecule has 1 aromatic heterocycles. The second-order valence-electron chi connectivity index (χ2n) is 5.20. The Morgan fingerprint density at radius 2 is 1.65 bits per heavy atom. The normalized spacial score (nSPS) is 10.3. The molecule has 0 aliphatic rings. The fraction of sp³-hybridized carbons (Fsp3) is 0.353. The van der Waals surface area contributed by atoms with Crippen molar-refractivity contribution in [2.45, 2.75) is 20.4 Å². The van der Waals surface area contributed by atoms with Crippen molar-refractivity contribution in [1.82, 2.24) is 10.3 Å². The molecule has 0 fully saturated rings. The van der Waals surface area contributed by atoms with Crippen molar-refractivity contribution < 1.29 is 19.0 Å². The first kappa shape index (κ1) is 16.7. The van der Waals surface area contributed by atoms with E-state index >= 15 is 0 Å². The minimum atomic E-state index is -0.206. The van der Waals surface area contributed by atoms with Gasteiger partial charge in [-0.15, -0.1) is 0 Å². The average molecular weight is 318 g/mol. The van der Waals surface area contributed by atoms with Crippen LogP contribution in [0, 0.1) is 13.8 Å². The minimum absolute atomic E-state index is 0.206. The second kappa shape index (κ2) is 7.09. The highest BCUT2D eigenvalue weighted by atomic mass is 16.5. The number of nitrogens with one attached hydrogen (secondary N) is 2. The number of hydrogen-bond donors (Lipinski definition) is 2. The standard InChI is InChI=1S/C17H22N2O4/c1-10-6-13(11(2)19-10)9-18-17(20)12-7-14(21-3)16(23-5)15(8-12)22-4/h6-8,19H,9H2,1-5H3,(H,18,20). The van der Waals surface area contributed by atoms with Gasteiger partial charge in [-0.25, -0.2) is 0 Å². The summed E-state index contributed by atoms with van der Waals surface area (Å²) in [4.78, 5) is 15.6. The lowest BCUT2D eigenvalue weighted by Gasteiger charge is -2.14. The van der Waals surface area contributed by atoms with E-state index in [-0.39, 0.29) is 5.91 Å². The van der Waals surface area contributed by atoms with Crippen LogP contribution in [0.5, 0.6) is 17.2 Å². The third-order valence-electron chi connectivity index (χ3n) is 3.62. The zero-order valence-corrected chi connectivity index (χ0v) is 14.1. The first-order valence-corrected chi connectivity index (χ1v) is 7.23. The highest BCUT2D eigenvalue weighted by Gasteiger charge is 2.17. The summed E-state index contributed by atoms with van der Waals surface area (Å²) in [5.41, 5.74) is 3.62. The van der Waals surface area contributed by atoms with Crippen molar-refractivity contribution in [2.24, 2.45) is 0 Å². The van der Waals surface area contributed by atoms with Crippen LogP contribution in [0.1, 0.15) is 27.3 Å². The number of carbonyl (C=O) groups is 1. The van der Waals surface area contributed by atoms with Crippen molar-refractivity contribution in [3.8, 4) is 17.2 Å². The smallest absolute Gasteiger partial charge is 0.251 e. The molecule has 2 rings (SSSR count). The number of benzene rings is 1. The minimum Gasteiger partial charge on any atom is -0.493 e. The zero-order valence-electron chi connectivity index (χ0n) is 14.1. The molecule has 0 saturated heterocycles. The SMILES string of the molecule is COc1cc(C(=O)NCc2cc(C)[nH]c2C)cc(OC)c1OC. The Morgan fingerprint density at radius 1 is 1.04 bits per heavy atom. The van der Waals surface area contributed by atoms with Gasteiger partial charge >= 0.3 is 0 Å². The summed E-state index contributed by atoms with van der Waals surface area (Å²) in [5, 5.41) is 2.90. The molecule has 0 aliphatic carbocycles. The quantitative estimate of drug-likeness (QED) is 0.858. The summed E-state index contributed by atoms with van der Waals surface area (Å²) in [6, 6.07) is 5.28. The van der Waals surface area contributed by atoms with E-state index in [2.05, 4.69) is 10.3 Å². The molecule has 1 heterocycles. The van der Waals surface area contributed by atoms with Crippen LogP contribution >= 0.6 is 0 Å². The molecule has 1 amide bonds. The Bertz CT molecular complexity index is 682. The predicted octanol–water partition coefficient (Wildman–Crippen LogP) is 2.59. The van der Waals surface area contributed by atoms with Crippen LogP contribution in [-0.2, 0) is 6.54 Å². The number of aromatic amines is 1. The molecule has 0 bridgehead atoms. The largest absolute Gasteiger partial charge is 0.493 e. The van der Waals surface area contributed by atoms with Crippen LogP contribution in [-0.4, -0.2) is 32.2 Å². The van der Waals surface area contributed by atoms with Crippen LogP contribution in [0.2, 0.25) is 0 Å². The maximum atomic E-state index is 12.4. The maximum absolute atomic E-state index is 12.4. The maximum Gasteiger partial charge on any atom is 0.251 e. The van der Waals surface area contributed by atoms with E-state index in [1.165, 1.54) is 21.3 Å². The summed E-state index contributed by atoms with van der Waals surface area (Å²) >= 11 is 0. The topological polar surface area (TPSA) is 72.6 Å². The number of aromatic nitrogens is 1. The van der Waals surface area contributed by atoms with E-state index in [1.807, 2.05) is 19.9 Å². The number of methoxy groups -OCH3 is 3. The number of rotatable bonds is 6. The van der Waals surface area contributed by atoms with Crippen molar-refractivity contribution in [3.05, 3.63) is 40.7 Å². The predicted molar refractivity (Wildman–Crippen MR) is 87.5 cm³/mol. The van der Waals surface area contributed by atoms with Gasteiger partial charge in [0.15, 0.2) is 11.5 Å². The molecule has 1 aromatic carbocycles. The van der Waals surface area contributed by atoms with Gasteiger partial charge in [0, 0.05) is 23.5 Å². The average Bonchev–Trinajstić information content (AvgIpc) is 2.88. The molecule has 0 unspecified atom stereocenters. The van der Waals surface area contributed by atoms with E-state index in [1.54, 1.807) is 12.1 Å². The van der Waals surface area contributed by atoms with Gasteiger partial charge in [0.05, 0.1) is 21.3 Å². The molecule has 0 aliphatic heterocycles. The van der Waals surface area contributed by atoms with Gasteiger partial charge in [0.2, 0.25) is 5.75 Å². The van der Waals surface area contributed by atoms with Crippen molar-refractivity contribution in [3.63, 3.8) is 0 Å². The zero-order chi connectivity index (χ0) is 17.0. The highest BCUT2D eigenvalue weighted by Crippen LogP contribution is 2.38. The fourth-order valence-corrected chi connectivity index (χ4v) is 2.46. The number of amides is 1. The first-order valence-electron chi connectivity index (χ1n) is 7.23. The summed E-state index contributed by atoms with van der Waals surface area (Å²) in [5.74, 6) is 1.16. The molecule has 2 N–H and O–H groups in total. The third kappa shape index (κ3) is 3.59. The van der Waals surface area contributed by atoms with Gasteiger partial charge in [-0.2, -0.15) is 0 Å². The van der Waals surface area contributed by atoms with Crippen LogP contribution in [0.25, 0.3) is 0 Å². The molecule has 6 heteroatoms. The lowest BCUT2D eigenvalue weighted by Crippen LogP contribution is -2.23. The molecule has 0 radical (unpaired) electrons. The Morgan fingerprint density at radius 3 is 2.09 bits per heavy atom. The number of H-pyrrole nitrogens is 1. The lowest BCUT2D eigenvalue weighted by molar-refractivity contribution is 0.0950. The number of carbonyl (C=O) groups excluding carboxylic acids is 1. The van der Waals surface area contributed by atoms with Gasteiger partial charge in [-0.3, -0.25) is 4.79 Å². The molecule has 0 spiro atoms. The highest BCUT2D eigenvalue weighted by molar-refractivity contribution is 5.95. The molecule has 6 nitrogen and oxygen atoms in total. The van der Waals surface area contributed by atoms with E-state index in [0.29, 0.717) is 29.4 Å². The van der Waals surface area contributed by atoms with Crippen LogP contribution in [0.4, 0.5) is 0 Å². The lowest BCUT2D eigenvalue weighted by atomic mass is 10.1. The Balaban J connectivity index is 2.20. The van der Waals surface area contributed by atoms with Gasteiger partial charge in [-0.1, -0.05) is 0 Å². The molecule has 2 aromatic rings. The second-order valence-corrected chi connectivity index (χ2v) is 5.20. The Hall–Kier alpha value is -2.63. The van der Waals surface area contributed by atoms with E-state index in [0.717, 1.165) is 17.0 Å². The van der Waals surface area contributed by atoms with Gasteiger partial charge in [-0.05, 0) is 37.6 Å². The van der Waals surface area contributed by atoms with Gasteiger partial charge in [0.25, 0.3) is 5.91 Å². The molecular formula is C17H22N2O4. The molecular weight excluding hydrogens is 296 g/mol. The van der Waals surface area contributed by atoms with Crippen molar-refractivity contribution in [1.29, 1.82) is 0 Å². The van der Waals surface area contributed by atoms with Gasteiger partial charge < -0.3 is 24.5 Å². The summed E-state index contributed by atoms with van der Waals surface area (Å²) in [6.45, 7) is 4.41. The summed E-state index contributed by atoms with van der Waals surface area (Å²) in [7, 11) is 4.56.